The van der Waals surface area contributed by atoms with E-state index in [9.17, 15) is 43.2 Å². The third-order valence-electron chi connectivity index (χ3n) is 2.87. The van der Waals surface area contributed by atoms with Gasteiger partial charge in [-0.1, -0.05) is 41.5 Å². The highest BCUT2D eigenvalue weighted by Crippen LogP contribution is 2.36. The molecule has 0 rings (SSSR count). The Balaban J connectivity index is 0. The quantitative estimate of drug-likeness (QED) is 0.558. The van der Waals surface area contributed by atoms with Gasteiger partial charge in [0.2, 0.25) is 0 Å². The Kier molecular flexibility index (Phi) is 11.6. The Hall–Kier alpha value is -0.600. The first-order valence-corrected chi connectivity index (χ1v) is 11.2. The Bertz CT molecular complexity index is 591. The molecule has 1 N–H and O–H groups in total. The number of hydrogen-bond donors (Lipinski definition) is 1. The molecular weight excluding hydrogens is 438 g/mol. The molecule has 6 nitrogen and oxygen atoms in total. The number of nitrogens with zero attached hydrogens (tertiary/aromatic N) is 1. The third-order valence-corrected chi connectivity index (χ3v) is 5.61. The molecule has 0 bridgehead atoms. The first-order chi connectivity index (χ1) is 12.1. The molecule has 0 fully saturated rings. The van der Waals surface area contributed by atoms with E-state index in [0.29, 0.717) is 0 Å². The maximum atomic E-state index is 11.4. The molecule has 14 heteroatoms. The second-order valence-electron chi connectivity index (χ2n) is 7.46. The molecule has 0 aromatic carbocycles. The second-order valence-corrected chi connectivity index (χ2v) is 10.9. The van der Waals surface area contributed by atoms with Crippen LogP contribution in [0, 0.1) is 17.8 Å². The summed E-state index contributed by atoms with van der Waals surface area (Å²) in [7, 11) is -13.4. The standard InChI is InChI=1S/C12H27N.C2F6NO4S2/c1-10(2)7-13(8-11(3)4)9-12(5)6;3-1(4,5)14(10,11)9-15(12,13)2(6,7)8/h10-12H,7-9H2,1-6H3;/q;-1/p+1. The van der Waals surface area contributed by atoms with Crippen LogP contribution in [0.15, 0.2) is 0 Å². The zero-order valence-corrected chi connectivity index (χ0v) is 18.2. The highest BCUT2D eigenvalue weighted by atomic mass is 32.3. The van der Waals surface area contributed by atoms with Gasteiger partial charge in [-0.2, -0.15) is 26.3 Å². The molecule has 0 radical (unpaired) electrons. The van der Waals surface area contributed by atoms with Crippen LogP contribution in [0.25, 0.3) is 4.13 Å². The van der Waals surface area contributed by atoms with Gasteiger partial charge in [-0.3, -0.25) is 0 Å². The summed E-state index contributed by atoms with van der Waals surface area (Å²) in [5, 5.41) is 0. The monoisotopic (exact) mass is 466 g/mol. The summed E-state index contributed by atoms with van der Waals surface area (Å²) in [5.74, 6) is 2.48. The number of sulfonamides is 2. The molecule has 0 atom stereocenters. The van der Waals surface area contributed by atoms with Crippen LogP contribution in [0.3, 0.4) is 0 Å². The van der Waals surface area contributed by atoms with Gasteiger partial charge in [0.15, 0.2) is 20.0 Å². The van der Waals surface area contributed by atoms with Crippen molar-refractivity contribution in [1.82, 2.24) is 0 Å². The topological polar surface area (TPSA) is 86.8 Å². The molecule has 0 amide bonds. The van der Waals surface area contributed by atoms with Crippen LogP contribution in [-0.4, -0.2) is 47.5 Å². The molecule has 0 aliphatic heterocycles. The van der Waals surface area contributed by atoms with E-state index in [1.165, 1.54) is 19.6 Å². The molecule has 28 heavy (non-hydrogen) atoms. The van der Waals surface area contributed by atoms with Gasteiger partial charge in [0.05, 0.1) is 19.6 Å². The van der Waals surface area contributed by atoms with Crippen LogP contribution in [0.4, 0.5) is 26.3 Å². The van der Waals surface area contributed by atoms with Crippen molar-refractivity contribution in [2.24, 2.45) is 17.8 Å². The van der Waals surface area contributed by atoms with Gasteiger partial charge in [-0.05, 0) is 0 Å². The summed E-state index contributed by atoms with van der Waals surface area (Å²) < 4.78 is 109. The summed E-state index contributed by atoms with van der Waals surface area (Å²) in [6, 6.07) is 0. The lowest BCUT2D eigenvalue weighted by Crippen LogP contribution is -3.13. The van der Waals surface area contributed by atoms with E-state index in [1.54, 1.807) is 4.90 Å². The fourth-order valence-electron chi connectivity index (χ4n) is 2.20. The molecule has 0 saturated heterocycles. The normalized spacial score (nSPS) is 14.0. The number of quaternary nitrogens is 1. The van der Waals surface area contributed by atoms with Crippen LogP contribution in [0.1, 0.15) is 41.5 Å². The smallest absolute Gasteiger partial charge is 0.421 e. The van der Waals surface area contributed by atoms with Crippen LogP contribution in [0.2, 0.25) is 0 Å². The van der Waals surface area contributed by atoms with Crippen molar-refractivity contribution < 1.29 is 48.1 Å². The maximum absolute atomic E-state index is 11.4. The molecule has 0 heterocycles. The predicted octanol–water partition coefficient (Wildman–Crippen LogP) is 2.90. The SMILES string of the molecule is CC(C)C[NH+](CC(C)C)CC(C)C.O=S(=O)([N-]S(=O)(=O)C(F)(F)F)C(F)(F)F. The minimum Gasteiger partial charge on any atom is -0.421 e. The van der Waals surface area contributed by atoms with Crippen molar-refractivity contribution in [2.75, 3.05) is 19.6 Å². The third kappa shape index (κ3) is 12.1. The lowest BCUT2D eigenvalue weighted by Gasteiger charge is -2.24. The summed E-state index contributed by atoms with van der Waals surface area (Å²) in [4.78, 5) is 1.78. The minimum atomic E-state index is -6.72. The fraction of sp³-hybridized carbons (Fsp3) is 1.00. The number of rotatable bonds is 8. The number of hydrogen-bond acceptors (Lipinski definition) is 4. The molecule has 172 valence electrons. The second kappa shape index (κ2) is 11.0. The van der Waals surface area contributed by atoms with Gasteiger partial charge < -0.3 is 9.03 Å². The van der Waals surface area contributed by atoms with E-state index in [0.717, 1.165) is 21.9 Å². The van der Waals surface area contributed by atoms with Crippen molar-refractivity contribution >= 4 is 20.0 Å². The molecule has 0 unspecified atom stereocenters. The van der Waals surface area contributed by atoms with E-state index >= 15 is 0 Å². The van der Waals surface area contributed by atoms with Gasteiger partial charge in [0, 0.05) is 17.8 Å². The van der Waals surface area contributed by atoms with Crippen molar-refractivity contribution in [1.29, 1.82) is 0 Å². The van der Waals surface area contributed by atoms with Crippen LogP contribution >= 0.6 is 0 Å². The van der Waals surface area contributed by atoms with Crippen molar-refractivity contribution in [2.45, 2.75) is 52.6 Å². The molecule has 0 aromatic rings. The van der Waals surface area contributed by atoms with Crippen molar-refractivity contribution in [3.05, 3.63) is 4.13 Å². The predicted molar refractivity (Wildman–Crippen MR) is 93.4 cm³/mol. The molecule has 0 spiro atoms. The Morgan fingerprint density at radius 2 is 0.857 bits per heavy atom. The Labute approximate surface area is 162 Å². The summed E-state index contributed by atoms with van der Waals surface area (Å²) in [6.07, 6.45) is 0. The van der Waals surface area contributed by atoms with Crippen LogP contribution in [0.5, 0.6) is 0 Å². The highest BCUT2D eigenvalue weighted by molar-refractivity contribution is 8.13. The number of halogens is 6. The van der Waals surface area contributed by atoms with Gasteiger partial charge in [-0.25, -0.2) is 16.8 Å². The number of alkyl halides is 6. The van der Waals surface area contributed by atoms with E-state index in [1.807, 2.05) is 0 Å². The number of nitrogens with one attached hydrogen (secondary N) is 1. The highest BCUT2D eigenvalue weighted by Gasteiger charge is 2.46. The van der Waals surface area contributed by atoms with Crippen LogP contribution < -0.4 is 4.90 Å². The molecule has 0 aromatic heterocycles. The first kappa shape index (κ1) is 29.6. The summed E-state index contributed by atoms with van der Waals surface area (Å²) in [5.41, 5.74) is -12.4. The largest absolute Gasteiger partial charge is 0.480 e. The Morgan fingerprint density at radius 3 is 1.00 bits per heavy atom. The maximum Gasteiger partial charge on any atom is 0.480 e. The average Bonchev–Trinajstić information content (AvgIpc) is 2.32. The van der Waals surface area contributed by atoms with E-state index in [-0.39, 0.29) is 0 Å². The average molecular weight is 467 g/mol. The minimum absolute atomic E-state index is 0.778. The van der Waals surface area contributed by atoms with Crippen molar-refractivity contribution in [3.8, 4) is 0 Å². The van der Waals surface area contributed by atoms with Gasteiger partial charge in [0.1, 0.15) is 0 Å². The summed E-state index contributed by atoms with van der Waals surface area (Å²) in [6.45, 7) is 17.9. The van der Waals surface area contributed by atoms with Crippen LogP contribution in [-0.2, 0) is 20.0 Å². The molecule has 0 saturated carbocycles. The van der Waals surface area contributed by atoms with E-state index in [2.05, 4.69) is 41.5 Å². The molecule has 0 aliphatic rings. The lowest BCUT2D eigenvalue weighted by molar-refractivity contribution is -0.909. The van der Waals surface area contributed by atoms with Crippen molar-refractivity contribution in [3.63, 3.8) is 0 Å². The summed E-state index contributed by atoms with van der Waals surface area (Å²) >= 11 is 0. The van der Waals surface area contributed by atoms with Gasteiger partial charge in [-0.15, -0.1) is 0 Å². The van der Waals surface area contributed by atoms with E-state index in [4.69, 9.17) is 0 Å². The first-order valence-electron chi connectivity index (χ1n) is 8.32. The fourth-order valence-corrected chi connectivity index (χ4v) is 3.91. The molecular formula is C14H28F6N2O4S2. The van der Waals surface area contributed by atoms with Gasteiger partial charge in [0.25, 0.3) is 0 Å². The lowest BCUT2D eigenvalue weighted by atomic mass is 10.1. The zero-order chi connectivity index (χ0) is 23.1. The zero-order valence-electron chi connectivity index (χ0n) is 16.5. The Morgan fingerprint density at radius 1 is 0.643 bits per heavy atom. The van der Waals surface area contributed by atoms with E-state index < -0.39 is 31.1 Å². The molecule has 0 aliphatic carbocycles. The van der Waals surface area contributed by atoms with Gasteiger partial charge >= 0.3 is 11.0 Å².